The maximum absolute atomic E-state index is 5.76. The fourth-order valence-corrected chi connectivity index (χ4v) is 1.93. The van der Waals surface area contributed by atoms with Crippen molar-refractivity contribution in [2.24, 2.45) is 0 Å². The molecule has 0 radical (unpaired) electrons. The Morgan fingerprint density at radius 3 is 2.67 bits per heavy atom. The lowest BCUT2D eigenvalue weighted by molar-refractivity contribution is -0.683. The van der Waals surface area contributed by atoms with Gasteiger partial charge in [0.25, 0.3) is 11.6 Å². The summed E-state index contributed by atoms with van der Waals surface area (Å²) in [5.41, 5.74) is 2.73. The lowest BCUT2D eigenvalue weighted by atomic mass is 10.3. The molecule has 3 nitrogen and oxygen atoms in total. The van der Waals surface area contributed by atoms with E-state index in [2.05, 4.69) is 16.5 Å². The minimum absolute atomic E-state index is 0. The Hall–Kier alpha value is -1.43. The van der Waals surface area contributed by atoms with E-state index in [1.807, 2.05) is 48.7 Å². The van der Waals surface area contributed by atoms with Gasteiger partial charge in [-0.3, -0.25) is 0 Å². The van der Waals surface area contributed by atoms with Gasteiger partial charge in [0.15, 0.2) is 11.8 Å². The topological polar surface area (TPSA) is 29.9 Å². The van der Waals surface area contributed by atoms with Crippen molar-refractivity contribution in [3.05, 3.63) is 48.7 Å². The molecule has 0 saturated heterocycles. The average Bonchev–Trinajstić information content (AvgIpc) is 2.82. The molecule has 0 fully saturated rings. The van der Waals surface area contributed by atoms with Crippen molar-refractivity contribution in [2.75, 3.05) is 0 Å². The van der Waals surface area contributed by atoms with Crippen molar-refractivity contribution in [1.29, 1.82) is 0 Å². The summed E-state index contributed by atoms with van der Waals surface area (Å²) < 4.78 is 7.88. The third kappa shape index (κ3) is 2.25. The third-order valence-electron chi connectivity index (χ3n) is 2.79. The Bertz CT molecular complexity index is 630. The number of halogens is 1. The molecule has 2 aromatic heterocycles. The second kappa shape index (κ2) is 5.48. The Kier molecular flexibility index (Phi) is 3.96. The van der Waals surface area contributed by atoms with Crippen LogP contribution in [-0.4, -0.2) is 4.98 Å². The van der Waals surface area contributed by atoms with Crippen LogP contribution in [0, 0.1) is 0 Å². The molecular formula is C14H13IN2O. The van der Waals surface area contributed by atoms with Crippen LogP contribution < -0.4 is 28.5 Å². The van der Waals surface area contributed by atoms with Gasteiger partial charge in [0, 0.05) is 12.1 Å². The van der Waals surface area contributed by atoms with E-state index in [-0.39, 0.29) is 24.0 Å². The summed E-state index contributed by atoms with van der Waals surface area (Å²) in [5, 5.41) is 0. The lowest BCUT2D eigenvalue weighted by Gasteiger charge is -1.96. The molecule has 1 aromatic carbocycles. The lowest BCUT2D eigenvalue weighted by Crippen LogP contribution is -3.00. The van der Waals surface area contributed by atoms with Crippen LogP contribution >= 0.6 is 0 Å². The van der Waals surface area contributed by atoms with Crippen LogP contribution in [0.5, 0.6) is 0 Å². The molecule has 0 saturated carbocycles. The van der Waals surface area contributed by atoms with Crippen LogP contribution in [0.25, 0.3) is 22.7 Å². The SMILES string of the molecule is CC[n+]1ccccc1-c1nc2ccccc2o1.[I-]. The number of fused-ring (bicyclic) bond motifs is 1. The van der Waals surface area contributed by atoms with E-state index in [1.54, 1.807) is 0 Å². The summed E-state index contributed by atoms with van der Waals surface area (Å²) in [7, 11) is 0. The predicted octanol–water partition coefficient (Wildman–Crippen LogP) is -0.194. The van der Waals surface area contributed by atoms with Gasteiger partial charge in [0.05, 0.1) is 0 Å². The molecule has 3 rings (SSSR count). The normalized spacial score (nSPS) is 10.3. The molecule has 4 heteroatoms. The van der Waals surface area contributed by atoms with Gasteiger partial charge in [-0.25, -0.2) is 4.98 Å². The van der Waals surface area contributed by atoms with Crippen LogP contribution in [0.2, 0.25) is 0 Å². The Labute approximate surface area is 122 Å². The zero-order valence-corrected chi connectivity index (χ0v) is 12.2. The highest BCUT2D eigenvalue weighted by Crippen LogP contribution is 2.21. The van der Waals surface area contributed by atoms with Gasteiger partial charge >= 0.3 is 0 Å². The van der Waals surface area contributed by atoms with Crippen molar-refractivity contribution in [2.45, 2.75) is 13.5 Å². The van der Waals surface area contributed by atoms with Crippen molar-refractivity contribution in [3.8, 4) is 11.6 Å². The largest absolute Gasteiger partial charge is 1.00 e. The van der Waals surface area contributed by atoms with Gasteiger partial charge in [0.1, 0.15) is 12.1 Å². The summed E-state index contributed by atoms with van der Waals surface area (Å²) in [4.78, 5) is 4.50. The minimum Gasteiger partial charge on any atom is -1.00 e. The average molecular weight is 352 g/mol. The molecule has 92 valence electrons. The summed E-state index contributed by atoms with van der Waals surface area (Å²) in [6.07, 6.45) is 2.03. The molecule has 3 aromatic rings. The molecule has 0 unspecified atom stereocenters. The first-order chi connectivity index (χ1) is 8.38. The second-order valence-corrected chi connectivity index (χ2v) is 3.86. The first-order valence-electron chi connectivity index (χ1n) is 5.73. The number of pyridine rings is 1. The smallest absolute Gasteiger partial charge is 0.294 e. The van der Waals surface area contributed by atoms with E-state index in [1.165, 1.54) is 0 Å². The summed E-state index contributed by atoms with van der Waals surface area (Å²) in [6, 6.07) is 13.8. The summed E-state index contributed by atoms with van der Waals surface area (Å²) >= 11 is 0. The Balaban J connectivity index is 0.00000120. The first kappa shape index (κ1) is 13.0. The van der Waals surface area contributed by atoms with Crippen LogP contribution in [0.4, 0.5) is 0 Å². The molecule has 0 bridgehead atoms. The zero-order valence-electron chi connectivity index (χ0n) is 10.0. The van der Waals surface area contributed by atoms with Gasteiger partial charge < -0.3 is 28.4 Å². The van der Waals surface area contributed by atoms with E-state index in [4.69, 9.17) is 4.42 Å². The van der Waals surface area contributed by atoms with Crippen LogP contribution in [0.15, 0.2) is 53.1 Å². The molecule has 0 aliphatic carbocycles. The highest BCUT2D eigenvalue weighted by molar-refractivity contribution is 5.74. The minimum atomic E-state index is 0. The van der Waals surface area contributed by atoms with Crippen LogP contribution in [-0.2, 0) is 6.54 Å². The number of aromatic nitrogens is 2. The third-order valence-corrected chi connectivity index (χ3v) is 2.79. The van der Waals surface area contributed by atoms with E-state index in [9.17, 15) is 0 Å². The number of aryl methyl sites for hydroxylation is 1. The summed E-state index contributed by atoms with van der Waals surface area (Å²) in [5.74, 6) is 0.675. The molecule has 0 amide bonds. The second-order valence-electron chi connectivity index (χ2n) is 3.86. The van der Waals surface area contributed by atoms with Gasteiger partial charge in [-0.15, -0.1) is 0 Å². The number of nitrogens with zero attached hydrogens (tertiary/aromatic N) is 2. The summed E-state index contributed by atoms with van der Waals surface area (Å²) in [6.45, 7) is 3.00. The standard InChI is InChI=1S/C14H13N2O.HI/c1-2-16-10-6-5-8-12(16)14-15-11-7-3-4-9-13(11)17-14;/h3-10H,2H2,1H3;1H/q+1;/p-1. The van der Waals surface area contributed by atoms with Gasteiger partial charge in [-0.05, 0) is 25.1 Å². The van der Waals surface area contributed by atoms with Crippen LogP contribution in [0.1, 0.15) is 6.92 Å². The maximum Gasteiger partial charge on any atom is 0.294 e. The number of para-hydroxylation sites is 2. The monoisotopic (exact) mass is 352 g/mol. The number of oxazole rings is 1. The predicted molar refractivity (Wildman–Crippen MR) is 65.3 cm³/mol. The molecule has 0 atom stereocenters. The quantitative estimate of drug-likeness (QED) is 0.473. The Morgan fingerprint density at radius 1 is 1.11 bits per heavy atom. The number of hydrogen-bond donors (Lipinski definition) is 0. The van der Waals surface area contributed by atoms with Gasteiger partial charge in [-0.1, -0.05) is 12.1 Å². The number of hydrogen-bond acceptors (Lipinski definition) is 2. The van der Waals surface area contributed by atoms with E-state index < -0.39 is 0 Å². The fraction of sp³-hybridized carbons (Fsp3) is 0.143. The highest BCUT2D eigenvalue weighted by atomic mass is 127. The van der Waals surface area contributed by atoms with E-state index >= 15 is 0 Å². The van der Waals surface area contributed by atoms with Gasteiger partial charge in [-0.2, -0.15) is 4.57 Å². The maximum atomic E-state index is 5.76. The van der Waals surface area contributed by atoms with Gasteiger partial charge in [0.2, 0.25) is 0 Å². The van der Waals surface area contributed by atoms with Crippen LogP contribution in [0.3, 0.4) is 0 Å². The fourth-order valence-electron chi connectivity index (χ4n) is 1.93. The van der Waals surface area contributed by atoms with E-state index in [0.717, 1.165) is 23.3 Å². The molecule has 0 aliphatic heterocycles. The first-order valence-corrected chi connectivity index (χ1v) is 5.73. The molecular weight excluding hydrogens is 339 g/mol. The Morgan fingerprint density at radius 2 is 1.89 bits per heavy atom. The highest BCUT2D eigenvalue weighted by Gasteiger charge is 2.16. The molecule has 18 heavy (non-hydrogen) atoms. The van der Waals surface area contributed by atoms with E-state index in [0.29, 0.717) is 5.89 Å². The number of rotatable bonds is 2. The molecule has 0 spiro atoms. The molecule has 0 N–H and O–H groups in total. The van der Waals surface area contributed by atoms with Crippen molar-refractivity contribution in [1.82, 2.24) is 4.98 Å². The number of benzene rings is 1. The zero-order chi connectivity index (χ0) is 11.7. The molecule has 2 heterocycles. The van der Waals surface area contributed by atoms with Crippen molar-refractivity contribution < 1.29 is 33.0 Å². The van der Waals surface area contributed by atoms with Crippen molar-refractivity contribution >= 4 is 11.1 Å². The van der Waals surface area contributed by atoms with Crippen molar-refractivity contribution in [3.63, 3.8) is 0 Å². The molecule has 0 aliphatic rings.